The highest BCUT2D eigenvalue weighted by molar-refractivity contribution is 7.13. The second-order valence-electron chi connectivity index (χ2n) is 5.47. The lowest BCUT2D eigenvalue weighted by atomic mass is 10.2. The van der Waals surface area contributed by atoms with Gasteiger partial charge in [0.1, 0.15) is 5.01 Å². The van der Waals surface area contributed by atoms with Gasteiger partial charge in [-0.1, -0.05) is 29.8 Å². The molecule has 1 atom stereocenters. The minimum Gasteiger partial charge on any atom is -0.391 e. The number of hydrogen-bond donors (Lipinski definition) is 1. The van der Waals surface area contributed by atoms with E-state index in [1.165, 1.54) is 5.56 Å². The first-order valence-corrected chi connectivity index (χ1v) is 7.97. The van der Waals surface area contributed by atoms with Gasteiger partial charge >= 0.3 is 0 Å². The third-order valence-corrected chi connectivity index (χ3v) is 4.64. The first-order valence-electron chi connectivity index (χ1n) is 7.09. The molecule has 0 aliphatic carbocycles. The van der Waals surface area contributed by atoms with Crippen LogP contribution in [0.25, 0.3) is 10.6 Å². The zero-order chi connectivity index (χ0) is 14.8. The number of aliphatic hydroxyl groups excluding tert-OH is 1. The maximum Gasteiger partial charge on any atom is 0.228 e. The topological polar surface area (TPSA) is 53.4 Å². The van der Waals surface area contributed by atoms with Crippen LogP contribution in [0.1, 0.15) is 17.7 Å². The predicted molar refractivity (Wildman–Crippen MR) is 83.2 cm³/mol. The first kappa shape index (κ1) is 14.2. The van der Waals surface area contributed by atoms with Crippen molar-refractivity contribution in [3.8, 4) is 10.6 Å². The quantitative estimate of drug-likeness (QED) is 0.946. The van der Waals surface area contributed by atoms with E-state index in [-0.39, 0.29) is 12.0 Å². The molecule has 0 unspecified atom stereocenters. The van der Waals surface area contributed by atoms with Gasteiger partial charge in [-0.15, -0.1) is 11.3 Å². The van der Waals surface area contributed by atoms with E-state index in [0.717, 1.165) is 16.3 Å². The molecule has 1 amide bonds. The summed E-state index contributed by atoms with van der Waals surface area (Å²) in [5.41, 5.74) is 3.11. The number of aromatic nitrogens is 1. The molecule has 1 aliphatic rings. The maximum atomic E-state index is 12.1. The van der Waals surface area contributed by atoms with Crippen molar-refractivity contribution in [2.24, 2.45) is 0 Å². The van der Waals surface area contributed by atoms with Crippen LogP contribution in [0.4, 0.5) is 0 Å². The number of rotatable bonds is 3. The number of nitrogens with zero attached hydrogens (tertiary/aromatic N) is 2. The van der Waals surface area contributed by atoms with E-state index in [4.69, 9.17) is 0 Å². The van der Waals surface area contributed by atoms with Crippen molar-refractivity contribution in [3.05, 3.63) is 40.9 Å². The molecule has 1 aliphatic heterocycles. The second kappa shape index (κ2) is 5.95. The molecular weight excluding hydrogens is 284 g/mol. The highest BCUT2D eigenvalue weighted by Crippen LogP contribution is 2.24. The number of likely N-dealkylation sites (tertiary alicyclic amines) is 1. The molecule has 1 aromatic heterocycles. The molecule has 0 saturated carbocycles. The van der Waals surface area contributed by atoms with E-state index in [2.05, 4.69) is 36.2 Å². The van der Waals surface area contributed by atoms with Gasteiger partial charge in [0.2, 0.25) is 5.91 Å². The molecule has 3 rings (SSSR count). The zero-order valence-corrected chi connectivity index (χ0v) is 12.8. The van der Waals surface area contributed by atoms with Crippen molar-refractivity contribution in [2.75, 3.05) is 13.1 Å². The Labute approximate surface area is 128 Å². The van der Waals surface area contributed by atoms with Crippen LogP contribution in [-0.2, 0) is 11.2 Å². The van der Waals surface area contributed by atoms with E-state index in [1.54, 1.807) is 16.2 Å². The lowest BCUT2D eigenvalue weighted by molar-refractivity contribution is -0.129. The van der Waals surface area contributed by atoms with Crippen LogP contribution in [0.2, 0.25) is 0 Å². The van der Waals surface area contributed by atoms with Gasteiger partial charge in [-0.25, -0.2) is 4.98 Å². The Morgan fingerprint density at radius 3 is 2.86 bits per heavy atom. The molecule has 1 saturated heterocycles. The molecule has 1 aromatic carbocycles. The fourth-order valence-electron chi connectivity index (χ4n) is 2.45. The summed E-state index contributed by atoms with van der Waals surface area (Å²) in [6.07, 6.45) is 0.625. The van der Waals surface area contributed by atoms with Crippen molar-refractivity contribution in [3.63, 3.8) is 0 Å². The van der Waals surface area contributed by atoms with E-state index in [1.807, 2.05) is 5.38 Å². The van der Waals surface area contributed by atoms with Crippen LogP contribution in [-0.4, -0.2) is 40.1 Å². The lowest BCUT2D eigenvalue weighted by Gasteiger charge is -2.14. The summed E-state index contributed by atoms with van der Waals surface area (Å²) in [7, 11) is 0. The summed E-state index contributed by atoms with van der Waals surface area (Å²) in [6, 6.07) is 8.23. The van der Waals surface area contributed by atoms with E-state index >= 15 is 0 Å². The van der Waals surface area contributed by atoms with E-state index < -0.39 is 0 Å². The second-order valence-corrected chi connectivity index (χ2v) is 6.33. The SMILES string of the molecule is Cc1ccc(-c2nc(CC(=O)N3CC[C@@H](O)C3)cs2)cc1. The molecule has 110 valence electrons. The van der Waals surface area contributed by atoms with Crippen LogP contribution in [0.15, 0.2) is 29.6 Å². The largest absolute Gasteiger partial charge is 0.391 e. The maximum absolute atomic E-state index is 12.1. The van der Waals surface area contributed by atoms with Crippen molar-refractivity contribution in [2.45, 2.75) is 25.9 Å². The Morgan fingerprint density at radius 1 is 1.43 bits per heavy atom. The lowest BCUT2D eigenvalue weighted by Crippen LogP contribution is -2.30. The molecule has 2 aromatic rings. The smallest absolute Gasteiger partial charge is 0.228 e. The number of benzene rings is 1. The van der Waals surface area contributed by atoms with Gasteiger partial charge in [0, 0.05) is 24.0 Å². The normalized spacial score (nSPS) is 18.2. The number of carbonyl (C=O) groups is 1. The van der Waals surface area contributed by atoms with Gasteiger partial charge in [0.05, 0.1) is 18.2 Å². The van der Waals surface area contributed by atoms with Crippen molar-refractivity contribution in [1.82, 2.24) is 9.88 Å². The average molecular weight is 302 g/mol. The summed E-state index contributed by atoms with van der Waals surface area (Å²) >= 11 is 1.56. The Balaban J connectivity index is 1.67. The van der Waals surface area contributed by atoms with Gasteiger partial charge < -0.3 is 10.0 Å². The summed E-state index contributed by atoms with van der Waals surface area (Å²) in [4.78, 5) is 18.4. The van der Waals surface area contributed by atoms with E-state index in [9.17, 15) is 9.90 Å². The monoisotopic (exact) mass is 302 g/mol. The minimum absolute atomic E-state index is 0.0484. The fraction of sp³-hybridized carbons (Fsp3) is 0.375. The summed E-state index contributed by atoms with van der Waals surface area (Å²) < 4.78 is 0. The fourth-order valence-corrected chi connectivity index (χ4v) is 3.28. The number of β-amino-alcohol motifs (C(OH)–C–C–N with tert-alkyl or cyclic N) is 1. The van der Waals surface area contributed by atoms with E-state index in [0.29, 0.717) is 25.9 Å². The summed E-state index contributed by atoms with van der Waals surface area (Å²) in [6.45, 7) is 3.16. The molecule has 4 nitrogen and oxygen atoms in total. The number of aryl methyl sites for hydroxylation is 1. The van der Waals surface area contributed by atoms with Crippen molar-refractivity contribution in [1.29, 1.82) is 0 Å². The zero-order valence-electron chi connectivity index (χ0n) is 12.0. The molecule has 1 N–H and O–H groups in total. The van der Waals surface area contributed by atoms with Crippen molar-refractivity contribution >= 4 is 17.2 Å². The number of hydrogen-bond acceptors (Lipinski definition) is 4. The number of aliphatic hydroxyl groups is 1. The molecule has 2 heterocycles. The minimum atomic E-state index is -0.368. The van der Waals surface area contributed by atoms with Crippen LogP contribution in [0.3, 0.4) is 0 Å². The highest BCUT2D eigenvalue weighted by atomic mass is 32.1. The summed E-state index contributed by atoms with van der Waals surface area (Å²) in [5.74, 6) is 0.0484. The number of thiazole rings is 1. The highest BCUT2D eigenvalue weighted by Gasteiger charge is 2.24. The first-order chi connectivity index (χ1) is 10.1. The standard InChI is InChI=1S/C16H18N2O2S/c1-11-2-4-12(5-3-11)16-17-13(10-21-16)8-15(20)18-7-6-14(19)9-18/h2-5,10,14,19H,6-9H2,1H3/t14-/m1/s1. The predicted octanol–water partition coefficient (Wildman–Crippen LogP) is 2.25. The number of amides is 1. The molecule has 0 radical (unpaired) electrons. The number of carbonyl (C=O) groups excluding carboxylic acids is 1. The van der Waals surface area contributed by atoms with Gasteiger partial charge in [-0.3, -0.25) is 4.79 Å². The van der Waals surface area contributed by atoms with Crippen molar-refractivity contribution < 1.29 is 9.90 Å². The van der Waals surface area contributed by atoms with Crippen LogP contribution < -0.4 is 0 Å². The molecular formula is C16H18N2O2S. The van der Waals surface area contributed by atoms with Crippen LogP contribution >= 0.6 is 11.3 Å². The Bertz CT molecular complexity index is 636. The Morgan fingerprint density at radius 2 is 2.19 bits per heavy atom. The van der Waals surface area contributed by atoms with Gasteiger partial charge in [0.25, 0.3) is 0 Å². The Kier molecular flexibility index (Phi) is 4.03. The molecule has 1 fully saturated rings. The van der Waals surface area contributed by atoms with Gasteiger partial charge in [-0.2, -0.15) is 0 Å². The molecule has 0 spiro atoms. The Hall–Kier alpha value is -1.72. The van der Waals surface area contributed by atoms with Gasteiger partial charge in [0.15, 0.2) is 0 Å². The van der Waals surface area contributed by atoms with Crippen LogP contribution in [0, 0.1) is 6.92 Å². The molecule has 21 heavy (non-hydrogen) atoms. The third-order valence-electron chi connectivity index (χ3n) is 3.70. The van der Waals surface area contributed by atoms with Crippen LogP contribution in [0.5, 0.6) is 0 Å². The molecule has 0 bridgehead atoms. The van der Waals surface area contributed by atoms with Gasteiger partial charge in [-0.05, 0) is 13.3 Å². The average Bonchev–Trinajstić information content (AvgIpc) is 3.09. The molecule has 5 heteroatoms. The summed E-state index contributed by atoms with van der Waals surface area (Å²) in [5, 5.41) is 12.4. The third kappa shape index (κ3) is 3.31.